The van der Waals surface area contributed by atoms with Crippen molar-refractivity contribution < 1.29 is 9.84 Å². The lowest BCUT2D eigenvalue weighted by molar-refractivity contribution is 0.0447. The molecule has 0 spiro atoms. The normalized spacial score (nSPS) is 24.2. The van der Waals surface area contributed by atoms with Crippen LogP contribution in [0.3, 0.4) is 0 Å². The summed E-state index contributed by atoms with van der Waals surface area (Å²) in [7, 11) is 0. The molecule has 1 N–H and O–H groups in total. The molecule has 0 unspecified atom stereocenters. The number of aliphatic hydroxyl groups is 1. The minimum absolute atomic E-state index is 0.149. The summed E-state index contributed by atoms with van der Waals surface area (Å²) in [4.78, 5) is 0. The molecule has 1 heterocycles. The summed E-state index contributed by atoms with van der Waals surface area (Å²) in [6, 6.07) is 0. The Hall–Kier alpha value is -0.340. The van der Waals surface area contributed by atoms with Gasteiger partial charge in [-0.2, -0.15) is 0 Å². The second-order valence-corrected chi connectivity index (χ2v) is 3.35. The lowest BCUT2D eigenvalue weighted by Gasteiger charge is -2.30. The summed E-state index contributed by atoms with van der Waals surface area (Å²) in [6.07, 6.45) is 6.08. The first-order valence-corrected chi connectivity index (χ1v) is 4.13. The van der Waals surface area contributed by atoms with Crippen molar-refractivity contribution in [1.29, 1.82) is 0 Å². The zero-order chi connectivity index (χ0) is 8.16. The van der Waals surface area contributed by atoms with E-state index in [1.807, 2.05) is 6.08 Å². The van der Waals surface area contributed by atoms with E-state index in [0.717, 1.165) is 26.1 Å². The van der Waals surface area contributed by atoms with Gasteiger partial charge in [-0.15, -0.1) is 0 Å². The molecule has 0 aliphatic carbocycles. The maximum Gasteiger partial charge on any atom is 0.0612 e. The van der Waals surface area contributed by atoms with Crippen molar-refractivity contribution in [3.05, 3.63) is 12.2 Å². The van der Waals surface area contributed by atoms with E-state index in [1.165, 1.54) is 0 Å². The summed E-state index contributed by atoms with van der Waals surface area (Å²) >= 11 is 0. The molecule has 1 saturated heterocycles. The average molecular weight is 156 g/mol. The summed E-state index contributed by atoms with van der Waals surface area (Å²) in [5.41, 5.74) is 0.265. The van der Waals surface area contributed by atoms with E-state index >= 15 is 0 Å². The van der Waals surface area contributed by atoms with Gasteiger partial charge in [-0.25, -0.2) is 0 Å². The Kier molecular flexibility index (Phi) is 3.09. The van der Waals surface area contributed by atoms with Gasteiger partial charge in [-0.1, -0.05) is 19.1 Å². The predicted molar refractivity (Wildman–Crippen MR) is 44.4 cm³/mol. The molecule has 11 heavy (non-hydrogen) atoms. The van der Waals surface area contributed by atoms with Gasteiger partial charge >= 0.3 is 0 Å². The fourth-order valence-electron chi connectivity index (χ4n) is 1.34. The monoisotopic (exact) mass is 156 g/mol. The van der Waals surface area contributed by atoms with Gasteiger partial charge in [0.05, 0.1) is 6.61 Å². The van der Waals surface area contributed by atoms with Gasteiger partial charge in [-0.3, -0.25) is 0 Å². The molecule has 1 fully saturated rings. The maximum absolute atomic E-state index is 8.59. The van der Waals surface area contributed by atoms with E-state index in [-0.39, 0.29) is 12.0 Å². The third-order valence-electron chi connectivity index (χ3n) is 2.26. The molecular formula is C9H16O2. The highest BCUT2D eigenvalue weighted by Gasteiger charge is 2.23. The summed E-state index contributed by atoms with van der Waals surface area (Å²) < 4.78 is 5.25. The van der Waals surface area contributed by atoms with Crippen LogP contribution in [-0.4, -0.2) is 24.9 Å². The molecule has 0 atom stereocenters. The fraction of sp³-hybridized carbons (Fsp3) is 0.778. The molecule has 64 valence electrons. The molecule has 0 radical (unpaired) electrons. The SMILES string of the molecule is CC1(C=CCO)CCOCC1. The van der Waals surface area contributed by atoms with Crippen molar-refractivity contribution in [1.82, 2.24) is 0 Å². The summed E-state index contributed by atoms with van der Waals surface area (Å²) in [6.45, 7) is 4.07. The van der Waals surface area contributed by atoms with Gasteiger partial charge in [0.1, 0.15) is 0 Å². The first-order chi connectivity index (χ1) is 5.27. The Bertz CT molecular complexity index is 134. The lowest BCUT2D eigenvalue weighted by atomic mass is 9.82. The van der Waals surface area contributed by atoms with Crippen molar-refractivity contribution in [2.45, 2.75) is 19.8 Å². The standard InChI is InChI=1S/C9H16O2/c1-9(3-2-6-10)4-7-11-8-5-9/h2-3,10H,4-8H2,1H3. The second-order valence-electron chi connectivity index (χ2n) is 3.35. The highest BCUT2D eigenvalue weighted by atomic mass is 16.5. The van der Waals surface area contributed by atoms with Gasteiger partial charge < -0.3 is 9.84 Å². The van der Waals surface area contributed by atoms with Crippen LogP contribution in [0.5, 0.6) is 0 Å². The molecule has 0 amide bonds. The molecule has 1 rings (SSSR count). The van der Waals surface area contributed by atoms with Crippen LogP contribution in [0.15, 0.2) is 12.2 Å². The Morgan fingerprint density at radius 2 is 2.09 bits per heavy atom. The van der Waals surface area contributed by atoms with Gasteiger partial charge in [0, 0.05) is 13.2 Å². The first-order valence-electron chi connectivity index (χ1n) is 4.13. The molecule has 2 heteroatoms. The smallest absolute Gasteiger partial charge is 0.0612 e. The van der Waals surface area contributed by atoms with Gasteiger partial charge in [0.25, 0.3) is 0 Å². The summed E-state index contributed by atoms with van der Waals surface area (Å²) in [5.74, 6) is 0. The highest BCUT2D eigenvalue weighted by Crippen LogP contribution is 2.30. The molecule has 0 bridgehead atoms. The number of hydrogen-bond donors (Lipinski definition) is 1. The molecule has 2 nitrogen and oxygen atoms in total. The van der Waals surface area contributed by atoms with Crippen molar-refractivity contribution in [2.24, 2.45) is 5.41 Å². The molecule has 1 aliphatic heterocycles. The third kappa shape index (κ3) is 2.64. The van der Waals surface area contributed by atoms with E-state index in [2.05, 4.69) is 13.0 Å². The molecular weight excluding hydrogens is 140 g/mol. The van der Waals surface area contributed by atoms with Gasteiger partial charge in [0.2, 0.25) is 0 Å². The Morgan fingerprint density at radius 3 is 2.64 bits per heavy atom. The third-order valence-corrected chi connectivity index (χ3v) is 2.26. The predicted octanol–water partition coefficient (Wildman–Crippen LogP) is 1.35. The number of aliphatic hydroxyl groups excluding tert-OH is 1. The molecule has 0 aromatic heterocycles. The first kappa shape index (κ1) is 8.75. The Labute approximate surface area is 67.9 Å². The number of rotatable bonds is 2. The van der Waals surface area contributed by atoms with Gasteiger partial charge in [-0.05, 0) is 18.3 Å². The molecule has 0 aromatic rings. The van der Waals surface area contributed by atoms with E-state index in [1.54, 1.807) is 0 Å². The van der Waals surface area contributed by atoms with E-state index in [0.29, 0.717) is 0 Å². The van der Waals surface area contributed by atoms with Crippen molar-refractivity contribution in [3.63, 3.8) is 0 Å². The zero-order valence-electron chi connectivity index (χ0n) is 7.05. The van der Waals surface area contributed by atoms with Crippen molar-refractivity contribution in [3.8, 4) is 0 Å². The largest absolute Gasteiger partial charge is 0.392 e. The maximum atomic E-state index is 8.59. The van der Waals surface area contributed by atoms with Crippen LogP contribution in [0.1, 0.15) is 19.8 Å². The van der Waals surface area contributed by atoms with Crippen molar-refractivity contribution >= 4 is 0 Å². The quantitative estimate of drug-likeness (QED) is 0.611. The number of ether oxygens (including phenoxy) is 1. The van der Waals surface area contributed by atoms with Crippen LogP contribution in [0.2, 0.25) is 0 Å². The molecule has 0 saturated carbocycles. The van der Waals surface area contributed by atoms with Crippen LogP contribution in [0, 0.1) is 5.41 Å². The van der Waals surface area contributed by atoms with Crippen LogP contribution >= 0.6 is 0 Å². The highest BCUT2D eigenvalue weighted by molar-refractivity contribution is 4.98. The van der Waals surface area contributed by atoms with Crippen LogP contribution in [0.4, 0.5) is 0 Å². The van der Waals surface area contributed by atoms with E-state index < -0.39 is 0 Å². The molecule has 0 aromatic carbocycles. The summed E-state index contributed by atoms with van der Waals surface area (Å²) in [5, 5.41) is 8.59. The van der Waals surface area contributed by atoms with Crippen LogP contribution in [-0.2, 0) is 4.74 Å². The fourth-order valence-corrected chi connectivity index (χ4v) is 1.34. The van der Waals surface area contributed by atoms with Gasteiger partial charge in [0.15, 0.2) is 0 Å². The van der Waals surface area contributed by atoms with Crippen molar-refractivity contribution in [2.75, 3.05) is 19.8 Å². The Morgan fingerprint density at radius 1 is 1.45 bits per heavy atom. The minimum Gasteiger partial charge on any atom is -0.392 e. The zero-order valence-corrected chi connectivity index (χ0v) is 7.05. The van der Waals surface area contributed by atoms with E-state index in [4.69, 9.17) is 9.84 Å². The number of hydrogen-bond acceptors (Lipinski definition) is 2. The average Bonchev–Trinajstić information content (AvgIpc) is 2.03. The van der Waals surface area contributed by atoms with E-state index in [9.17, 15) is 0 Å². The number of allylic oxidation sites excluding steroid dienone is 1. The lowest BCUT2D eigenvalue weighted by Crippen LogP contribution is -2.24. The van der Waals surface area contributed by atoms with Crippen LogP contribution in [0.25, 0.3) is 0 Å². The topological polar surface area (TPSA) is 29.5 Å². The minimum atomic E-state index is 0.149. The second kappa shape index (κ2) is 3.88. The van der Waals surface area contributed by atoms with Crippen LogP contribution < -0.4 is 0 Å². The Balaban J connectivity index is 2.43. The molecule has 1 aliphatic rings.